The van der Waals surface area contributed by atoms with Gasteiger partial charge >= 0.3 is 0 Å². The third kappa shape index (κ3) is 3.39. The Morgan fingerprint density at radius 1 is 1.50 bits per heavy atom. The maximum Gasteiger partial charge on any atom is 0.249 e. The van der Waals surface area contributed by atoms with Gasteiger partial charge in [0.1, 0.15) is 17.7 Å². The van der Waals surface area contributed by atoms with Gasteiger partial charge in [0.05, 0.1) is 0 Å². The predicted molar refractivity (Wildman–Crippen MR) is 59.1 cm³/mol. The zero-order valence-electron chi connectivity index (χ0n) is 9.67. The van der Waals surface area contributed by atoms with Crippen LogP contribution in [-0.4, -0.2) is 36.1 Å². The maximum atomic E-state index is 13.6. The van der Waals surface area contributed by atoms with E-state index in [1.165, 1.54) is 19.2 Å². The van der Waals surface area contributed by atoms with Gasteiger partial charge in [0, 0.05) is 18.7 Å². The van der Waals surface area contributed by atoms with Crippen molar-refractivity contribution in [2.75, 3.05) is 13.9 Å². The predicted octanol–water partition coefficient (Wildman–Crippen LogP) is -0.312. The molecule has 7 heteroatoms. The highest BCUT2D eigenvalue weighted by Gasteiger charge is 2.26. The molecule has 0 heterocycles. The number of rotatable bonds is 6. The number of ether oxygens (including phenoxy) is 2. The lowest BCUT2D eigenvalue weighted by molar-refractivity contribution is -0.132. The van der Waals surface area contributed by atoms with Crippen LogP contribution in [0.3, 0.4) is 0 Å². The van der Waals surface area contributed by atoms with Gasteiger partial charge in [0.2, 0.25) is 5.91 Å². The minimum atomic E-state index is -1.87. The molecule has 0 aliphatic heterocycles. The molecule has 0 aliphatic carbocycles. The highest BCUT2D eigenvalue weighted by molar-refractivity contribution is 5.79. The van der Waals surface area contributed by atoms with Crippen LogP contribution in [-0.2, 0) is 9.53 Å². The number of carbonyl (C=O) groups excluding carboxylic acids is 1. The van der Waals surface area contributed by atoms with E-state index in [-0.39, 0.29) is 18.1 Å². The second kappa shape index (κ2) is 6.29. The molecule has 0 aromatic heterocycles. The number of hydrogen-bond acceptors (Lipinski definition) is 5. The SMILES string of the molecule is COCOc1ccc(C(O)C(O)C(N)=O)c(F)c1. The molecule has 0 spiro atoms. The van der Waals surface area contributed by atoms with Gasteiger partial charge in [-0.2, -0.15) is 0 Å². The molecule has 0 fully saturated rings. The highest BCUT2D eigenvalue weighted by atomic mass is 19.1. The van der Waals surface area contributed by atoms with E-state index in [0.29, 0.717) is 0 Å². The van der Waals surface area contributed by atoms with E-state index < -0.39 is 23.9 Å². The van der Waals surface area contributed by atoms with Crippen molar-refractivity contribution in [1.29, 1.82) is 0 Å². The summed E-state index contributed by atoms with van der Waals surface area (Å²) in [5, 5.41) is 18.8. The van der Waals surface area contributed by atoms with Gasteiger partial charge in [-0.1, -0.05) is 0 Å². The van der Waals surface area contributed by atoms with Crippen molar-refractivity contribution < 1.29 is 28.9 Å². The monoisotopic (exact) mass is 259 g/mol. The molecule has 1 amide bonds. The first-order chi connectivity index (χ1) is 8.47. The van der Waals surface area contributed by atoms with Crippen LogP contribution in [0.4, 0.5) is 4.39 Å². The number of carbonyl (C=O) groups is 1. The number of aliphatic hydroxyl groups excluding tert-OH is 2. The number of hydrogen-bond donors (Lipinski definition) is 3. The Bertz CT molecular complexity index is 426. The molecule has 0 radical (unpaired) electrons. The van der Waals surface area contributed by atoms with Crippen molar-refractivity contribution in [3.63, 3.8) is 0 Å². The number of methoxy groups -OCH3 is 1. The number of halogens is 1. The zero-order chi connectivity index (χ0) is 13.7. The van der Waals surface area contributed by atoms with Gasteiger partial charge in [-0.15, -0.1) is 0 Å². The Morgan fingerprint density at radius 2 is 2.17 bits per heavy atom. The Hall–Kier alpha value is -1.70. The molecule has 1 rings (SSSR count). The van der Waals surface area contributed by atoms with Gasteiger partial charge in [-0.3, -0.25) is 4.79 Å². The molecule has 1 aromatic rings. The van der Waals surface area contributed by atoms with E-state index in [2.05, 4.69) is 4.74 Å². The van der Waals surface area contributed by atoms with Crippen LogP contribution in [0.1, 0.15) is 11.7 Å². The molecule has 0 aliphatic rings. The van der Waals surface area contributed by atoms with Gasteiger partial charge in [-0.05, 0) is 12.1 Å². The standard InChI is InChI=1S/C11H14FNO5/c1-17-5-18-6-2-3-7(8(12)4-6)9(14)10(15)11(13)16/h2-4,9-10,14-15H,5H2,1H3,(H2,13,16). The second-order valence-corrected chi connectivity index (χ2v) is 3.53. The minimum Gasteiger partial charge on any atom is -0.467 e. The molecule has 18 heavy (non-hydrogen) atoms. The quantitative estimate of drug-likeness (QED) is 0.608. The smallest absolute Gasteiger partial charge is 0.249 e. The number of amides is 1. The van der Waals surface area contributed by atoms with Gasteiger partial charge < -0.3 is 25.4 Å². The van der Waals surface area contributed by atoms with Crippen molar-refractivity contribution in [3.05, 3.63) is 29.6 Å². The molecular weight excluding hydrogens is 245 g/mol. The summed E-state index contributed by atoms with van der Waals surface area (Å²) in [7, 11) is 1.41. The van der Waals surface area contributed by atoms with Crippen LogP contribution >= 0.6 is 0 Å². The van der Waals surface area contributed by atoms with Crippen LogP contribution in [0.15, 0.2) is 18.2 Å². The van der Waals surface area contributed by atoms with Crippen LogP contribution in [0.2, 0.25) is 0 Å². The van der Waals surface area contributed by atoms with Crippen molar-refractivity contribution in [2.45, 2.75) is 12.2 Å². The lowest BCUT2D eigenvalue weighted by atomic mass is 10.0. The molecule has 2 atom stereocenters. The lowest BCUT2D eigenvalue weighted by Crippen LogP contribution is -2.34. The molecular formula is C11H14FNO5. The molecule has 2 unspecified atom stereocenters. The first-order valence-corrected chi connectivity index (χ1v) is 5.04. The molecule has 4 N–H and O–H groups in total. The normalized spacial score (nSPS) is 14.0. The fraction of sp³-hybridized carbons (Fsp3) is 0.364. The molecule has 0 bridgehead atoms. The van der Waals surface area contributed by atoms with Crippen LogP contribution in [0.25, 0.3) is 0 Å². The lowest BCUT2D eigenvalue weighted by Gasteiger charge is -2.16. The molecule has 0 saturated carbocycles. The molecule has 1 aromatic carbocycles. The Labute approximate surface area is 103 Å². The zero-order valence-corrected chi connectivity index (χ0v) is 9.67. The van der Waals surface area contributed by atoms with Crippen LogP contribution in [0, 0.1) is 5.82 Å². The van der Waals surface area contributed by atoms with E-state index in [1.54, 1.807) is 0 Å². The summed E-state index contributed by atoms with van der Waals surface area (Å²) >= 11 is 0. The van der Waals surface area contributed by atoms with E-state index in [0.717, 1.165) is 6.07 Å². The average molecular weight is 259 g/mol. The maximum absolute atomic E-state index is 13.6. The highest BCUT2D eigenvalue weighted by Crippen LogP contribution is 2.24. The topological polar surface area (TPSA) is 102 Å². The van der Waals surface area contributed by atoms with E-state index >= 15 is 0 Å². The van der Waals surface area contributed by atoms with E-state index in [9.17, 15) is 19.4 Å². The summed E-state index contributed by atoms with van der Waals surface area (Å²) in [6.07, 6.45) is -3.59. The summed E-state index contributed by atoms with van der Waals surface area (Å²) in [4.78, 5) is 10.7. The number of nitrogens with two attached hydrogens (primary N) is 1. The second-order valence-electron chi connectivity index (χ2n) is 3.53. The Kier molecular flexibility index (Phi) is 5.02. The average Bonchev–Trinajstić information content (AvgIpc) is 2.34. The Balaban J connectivity index is 2.88. The first-order valence-electron chi connectivity index (χ1n) is 5.04. The summed E-state index contributed by atoms with van der Waals surface area (Å²) in [6.45, 7) is -0.0503. The van der Waals surface area contributed by atoms with Gasteiger partial charge in [0.15, 0.2) is 12.9 Å². The van der Waals surface area contributed by atoms with E-state index in [1.807, 2.05) is 0 Å². The van der Waals surface area contributed by atoms with Gasteiger partial charge in [0.25, 0.3) is 0 Å². The van der Waals surface area contributed by atoms with Crippen molar-refractivity contribution in [2.24, 2.45) is 5.73 Å². The van der Waals surface area contributed by atoms with Crippen molar-refractivity contribution in [3.8, 4) is 5.75 Å². The minimum absolute atomic E-state index is 0.0503. The number of benzene rings is 1. The number of aliphatic hydroxyl groups is 2. The fourth-order valence-corrected chi connectivity index (χ4v) is 1.29. The Morgan fingerprint density at radius 3 is 2.67 bits per heavy atom. The largest absolute Gasteiger partial charge is 0.467 e. The third-order valence-corrected chi connectivity index (χ3v) is 2.22. The van der Waals surface area contributed by atoms with Crippen LogP contribution in [0.5, 0.6) is 5.75 Å². The first kappa shape index (κ1) is 14.4. The fourth-order valence-electron chi connectivity index (χ4n) is 1.29. The van der Waals surface area contributed by atoms with Crippen molar-refractivity contribution >= 4 is 5.91 Å². The molecule has 6 nitrogen and oxygen atoms in total. The van der Waals surface area contributed by atoms with Gasteiger partial charge in [-0.25, -0.2) is 4.39 Å². The number of primary amides is 1. The third-order valence-electron chi connectivity index (χ3n) is 2.22. The molecule has 0 saturated heterocycles. The summed E-state index contributed by atoms with van der Waals surface area (Å²) < 4.78 is 23.2. The summed E-state index contributed by atoms with van der Waals surface area (Å²) in [5.41, 5.74) is 4.56. The van der Waals surface area contributed by atoms with Crippen molar-refractivity contribution in [1.82, 2.24) is 0 Å². The molecule has 100 valence electrons. The van der Waals surface area contributed by atoms with Crippen LogP contribution < -0.4 is 10.5 Å². The summed E-state index contributed by atoms with van der Waals surface area (Å²) in [6, 6.07) is 3.57. The van der Waals surface area contributed by atoms with E-state index in [4.69, 9.17) is 10.5 Å². The summed E-state index contributed by atoms with van der Waals surface area (Å²) in [5.74, 6) is -1.77.